The Morgan fingerprint density at radius 1 is 1.00 bits per heavy atom. The minimum atomic E-state index is 0.489. The van der Waals surface area contributed by atoms with Crippen LogP contribution in [0.25, 0.3) is 16.7 Å². The molecule has 4 rings (SSSR count). The van der Waals surface area contributed by atoms with E-state index in [1.165, 1.54) is 5.56 Å². The van der Waals surface area contributed by atoms with Crippen LogP contribution < -0.4 is 14.8 Å². The van der Waals surface area contributed by atoms with Crippen LogP contribution in [0.1, 0.15) is 16.8 Å². The number of aromatic nitrogens is 3. The van der Waals surface area contributed by atoms with Gasteiger partial charge in [0.25, 0.3) is 0 Å². The Balaban J connectivity index is 1.46. The van der Waals surface area contributed by atoms with Gasteiger partial charge in [-0.15, -0.1) is 0 Å². The summed E-state index contributed by atoms with van der Waals surface area (Å²) in [5, 5.41) is 9.61. The lowest BCUT2D eigenvalue weighted by molar-refractivity contribution is 0.354. The fourth-order valence-electron chi connectivity index (χ4n) is 3.57. The molecule has 0 aliphatic heterocycles. The van der Waals surface area contributed by atoms with Crippen molar-refractivity contribution in [3.63, 3.8) is 0 Å². The van der Waals surface area contributed by atoms with Gasteiger partial charge in [0.15, 0.2) is 17.1 Å². The summed E-state index contributed by atoms with van der Waals surface area (Å²) in [4.78, 5) is 4.65. The van der Waals surface area contributed by atoms with Crippen LogP contribution in [0.4, 0.5) is 0 Å². The Hall–Kier alpha value is -3.09. The highest BCUT2D eigenvalue weighted by Gasteiger charge is 2.14. The van der Waals surface area contributed by atoms with Crippen molar-refractivity contribution >= 4 is 22.6 Å². The number of para-hydroxylation sites is 1. The first-order valence-electron chi connectivity index (χ1n) is 10.1. The van der Waals surface area contributed by atoms with Gasteiger partial charge in [0, 0.05) is 17.5 Å². The molecule has 7 heteroatoms. The van der Waals surface area contributed by atoms with Gasteiger partial charge in [-0.2, -0.15) is 5.10 Å². The molecular formula is C24H25ClN4O2. The van der Waals surface area contributed by atoms with Crippen molar-refractivity contribution in [1.82, 2.24) is 20.1 Å². The van der Waals surface area contributed by atoms with Crippen LogP contribution in [-0.4, -0.2) is 35.5 Å². The third kappa shape index (κ3) is 4.50. The van der Waals surface area contributed by atoms with Gasteiger partial charge in [0.2, 0.25) is 0 Å². The molecule has 0 saturated heterocycles. The second kappa shape index (κ2) is 9.37. The summed E-state index contributed by atoms with van der Waals surface area (Å²) in [6.45, 7) is 3.42. The highest BCUT2D eigenvalue weighted by molar-refractivity contribution is 6.30. The predicted molar refractivity (Wildman–Crippen MR) is 124 cm³/mol. The number of rotatable bonds is 8. The van der Waals surface area contributed by atoms with Gasteiger partial charge in [-0.1, -0.05) is 35.9 Å². The predicted octanol–water partition coefficient (Wildman–Crippen LogP) is 4.73. The molecule has 0 atom stereocenters. The zero-order chi connectivity index (χ0) is 21.8. The summed E-state index contributed by atoms with van der Waals surface area (Å²) in [7, 11) is 3.28. The number of nitrogens with one attached hydrogen (secondary N) is 1. The summed E-state index contributed by atoms with van der Waals surface area (Å²) in [6, 6.07) is 18.0. The monoisotopic (exact) mass is 436 g/mol. The summed E-state index contributed by atoms with van der Waals surface area (Å²) >= 11 is 6.52. The van der Waals surface area contributed by atoms with Crippen molar-refractivity contribution in [2.24, 2.45) is 0 Å². The van der Waals surface area contributed by atoms with E-state index in [1.54, 1.807) is 14.2 Å². The Bertz CT molecular complexity index is 1190. The van der Waals surface area contributed by atoms with Crippen LogP contribution >= 0.6 is 11.6 Å². The van der Waals surface area contributed by atoms with E-state index in [4.69, 9.17) is 21.1 Å². The molecule has 0 amide bonds. The van der Waals surface area contributed by atoms with Crippen LogP contribution in [-0.2, 0) is 13.0 Å². The molecule has 0 saturated carbocycles. The van der Waals surface area contributed by atoms with E-state index in [0.29, 0.717) is 11.7 Å². The van der Waals surface area contributed by atoms with Crippen LogP contribution in [0.15, 0.2) is 54.6 Å². The number of fused-ring (bicyclic) bond motifs is 1. The maximum absolute atomic E-state index is 6.52. The highest BCUT2D eigenvalue weighted by atomic mass is 35.5. The maximum atomic E-state index is 6.52. The minimum absolute atomic E-state index is 0.489. The van der Waals surface area contributed by atoms with Gasteiger partial charge in [-0.25, -0.2) is 9.67 Å². The van der Waals surface area contributed by atoms with Crippen LogP contribution in [0, 0.1) is 6.92 Å². The van der Waals surface area contributed by atoms with Gasteiger partial charge >= 0.3 is 0 Å². The molecule has 0 bridgehead atoms. The molecule has 0 unspecified atom stereocenters. The Morgan fingerprint density at radius 3 is 2.52 bits per heavy atom. The number of aryl methyl sites for hydroxylation is 1. The Labute approximate surface area is 186 Å². The molecular weight excluding hydrogens is 412 g/mol. The first kappa shape index (κ1) is 21.2. The number of ether oxygens (including phenoxy) is 2. The first-order chi connectivity index (χ1) is 15.1. The van der Waals surface area contributed by atoms with Crippen molar-refractivity contribution in [2.75, 3.05) is 20.8 Å². The molecule has 160 valence electrons. The van der Waals surface area contributed by atoms with Crippen molar-refractivity contribution < 1.29 is 9.47 Å². The van der Waals surface area contributed by atoms with E-state index in [-0.39, 0.29) is 0 Å². The lowest BCUT2D eigenvalue weighted by Crippen LogP contribution is -2.17. The molecule has 6 nitrogen and oxygen atoms in total. The molecule has 0 radical (unpaired) electrons. The lowest BCUT2D eigenvalue weighted by atomic mass is 10.1. The van der Waals surface area contributed by atoms with E-state index < -0.39 is 0 Å². The third-order valence-corrected chi connectivity index (χ3v) is 5.55. The molecule has 0 spiro atoms. The van der Waals surface area contributed by atoms with Crippen molar-refractivity contribution in [3.05, 3.63) is 76.6 Å². The molecule has 2 aromatic heterocycles. The molecule has 4 aromatic rings. The van der Waals surface area contributed by atoms with E-state index in [9.17, 15) is 0 Å². The molecule has 31 heavy (non-hydrogen) atoms. The van der Waals surface area contributed by atoms with Crippen LogP contribution in [0.5, 0.6) is 11.5 Å². The van der Waals surface area contributed by atoms with Gasteiger partial charge < -0.3 is 14.8 Å². The number of hydrogen-bond donors (Lipinski definition) is 1. The maximum Gasteiger partial charge on any atom is 0.164 e. The smallest absolute Gasteiger partial charge is 0.164 e. The average molecular weight is 437 g/mol. The molecule has 1 N–H and O–H groups in total. The second-order valence-electron chi connectivity index (χ2n) is 7.26. The second-order valence-corrected chi connectivity index (χ2v) is 7.62. The van der Waals surface area contributed by atoms with Gasteiger partial charge in [0.1, 0.15) is 5.15 Å². The fourth-order valence-corrected chi connectivity index (χ4v) is 3.77. The van der Waals surface area contributed by atoms with E-state index in [2.05, 4.69) is 21.5 Å². The van der Waals surface area contributed by atoms with Crippen molar-refractivity contribution in [2.45, 2.75) is 19.9 Å². The molecule has 2 aromatic carbocycles. The first-order valence-corrected chi connectivity index (χ1v) is 10.5. The summed E-state index contributed by atoms with van der Waals surface area (Å²) in [5.41, 5.74) is 4.78. The zero-order valence-electron chi connectivity index (χ0n) is 17.9. The fraction of sp³-hybridized carbons (Fsp3) is 0.250. The zero-order valence-corrected chi connectivity index (χ0v) is 18.6. The Morgan fingerprint density at radius 2 is 1.77 bits per heavy atom. The van der Waals surface area contributed by atoms with Crippen LogP contribution in [0.3, 0.4) is 0 Å². The van der Waals surface area contributed by atoms with Gasteiger partial charge in [0.05, 0.1) is 25.6 Å². The standard InChI is InChI=1S/C24H25ClN4O2/c1-16-20-14-18(15-26-12-11-17-9-10-21(30-2)22(13-17)31-3)23(25)27-24(20)29(28-16)19-7-5-4-6-8-19/h4-10,13-14,26H,11-12,15H2,1-3H3. The largest absolute Gasteiger partial charge is 0.493 e. The summed E-state index contributed by atoms with van der Waals surface area (Å²) in [5.74, 6) is 1.47. The molecule has 2 heterocycles. The SMILES string of the molecule is COc1ccc(CCNCc2cc3c(C)nn(-c4ccccc4)c3nc2Cl)cc1OC. The van der Waals surface area contributed by atoms with Crippen LogP contribution in [0.2, 0.25) is 5.15 Å². The number of benzene rings is 2. The number of hydrogen-bond acceptors (Lipinski definition) is 5. The van der Waals surface area contributed by atoms with Gasteiger partial charge in [-0.3, -0.25) is 0 Å². The van der Waals surface area contributed by atoms with Crippen molar-refractivity contribution in [1.29, 1.82) is 0 Å². The topological polar surface area (TPSA) is 61.2 Å². The quantitative estimate of drug-likeness (QED) is 0.319. The Kier molecular flexibility index (Phi) is 6.39. The van der Waals surface area contributed by atoms with Gasteiger partial charge in [-0.05, 0) is 55.8 Å². The normalized spacial score (nSPS) is 11.1. The molecule has 0 fully saturated rings. The van der Waals surface area contributed by atoms with E-state index >= 15 is 0 Å². The van der Waals surface area contributed by atoms with Crippen molar-refractivity contribution in [3.8, 4) is 17.2 Å². The van der Waals surface area contributed by atoms with E-state index in [1.807, 2.05) is 60.1 Å². The summed E-state index contributed by atoms with van der Waals surface area (Å²) in [6.07, 6.45) is 0.860. The molecule has 0 aliphatic carbocycles. The summed E-state index contributed by atoms with van der Waals surface area (Å²) < 4.78 is 12.5. The third-order valence-electron chi connectivity index (χ3n) is 5.22. The minimum Gasteiger partial charge on any atom is -0.493 e. The van der Waals surface area contributed by atoms with E-state index in [0.717, 1.165) is 52.4 Å². The average Bonchev–Trinajstić information content (AvgIpc) is 3.12. The number of nitrogens with zero attached hydrogens (tertiary/aromatic N) is 3. The molecule has 0 aliphatic rings. The number of pyridine rings is 1. The lowest BCUT2D eigenvalue weighted by Gasteiger charge is -2.10. The number of methoxy groups -OCH3 is 2. The number of halogens is 1. The highest BCUT2D eigenvalue weighted by Crippen LogP contribution is 2.28.